The van der Waals surface area contributed by atoms with E-state index in [9.17, 15) is 14.4 Å². The molecule has 1 amide bonds. The molecule has 0 saturated heterocycles. The second-order valence-corrected chi connectivity index (χ2v) is 11.2. The first kappa shape index (κ1) is 34.1. The van der Waals surface area contributed by atoms with Gasteiger partial charge in [0.1, 0.15) is 6.04 Å². The lowest BCUT2D eigenvalue weighted by atomic mass is 9.97. The Morgan fingerprint density at radius 2 is 1.63 bits per heavy atom. The van der Waals surface area contributed by atoms with E-state index in [1.165, 1.54) is 39.2 Å². The number of benzene rings is 3. The number of hydrogen-bond acceptors (Lipinski definition) is 10. The van der Waals surface area contributed by atoms with E-state index in [2.05, 4.69) is 10.6 Å². The number of rotatable bonds is 12. The van der Waals surface area contributed by atoms with Crippen LogP contribution in [0.2, 0.25) is 5.02 Å². The number of ether oxygens (including phenoxy) is 4. The molecule has 4 rings (SSSR count). The SMILES string of the molecule is CCOC(=O)C1=C(C)NC(SCC(=O)Nc2ccc(C(=O)/C=C/c3cc(OC)c(OC)c(OC)c3)cc2)=N[C@H]1c1ccc(Cl)cc1. The molecule has 0 aromatic heterocycles. The van der Waals surface area contributed by atoms with Crippen LogP contribution in [0.5, 0.6) is 17.2 Å². The Kier molecular flexibility index (Phi) is 11.9. The third-order valence-electron chi connectivity index (χ3n) is 6.81. The van der Waals surface area contributed by atoms with Gasteiger partial charge in [0.05, 0.1) is 39.3 Å². The van der Waals surface area contributed by atoms with Crippen LogP contribution in [-0.4, -0.2) is 56.5 Å². The molecule has 0 radical (unpaired) electrons. The van der Waals surface area contributed by atoms with Crippen molar-refractivity contribution in [2.24, 2.45) is 4.99 Å². The molecule has 12 heteroatoms. The number of nitrogens with zero attached hydrogens (tertiary/aromatic N) is 1. The number of methoxy groups -OCH3 is 3. The largest absolute Gasteiger partial charge is 0.493 e. The average Bonchev–Trinajstić information content (AvgIpc) is 3.06. The van der Waals surface area contributed by atoms with Gasteiger partial charge in [-0.05, 0) is 79.6 Å². The number of thioether (sulfide) groups is 1. The summed E-state index contributed by atoms with van der Waals surface area (Å²) in [7, 11) is 4.57. The summed E-state index contributed by atoms with van der Waals surface area (Å²) < 4.78 is 21.3. The van der Waals surface area contributed by atoms with Gasteiger partial charge in [-0.15, -0.1) is 0 Å². The molecule has 0 saturated carbocycles. The van der Waals surface area contributed by atoms with Gasteiger partial charge in [-0.25, -0.2) is 9.79 Å². The quantitative estimate of drug-likeness (QED) is 0.127. The van der Waals surface area contributed by atoms with Gasteiger partial charge >= 0.3 is 5.97 Å². The molecular formula is C34H34ClN3O7S. The number of amides is 1. The van der Waals surface area contributed by atoms with Gasteiger partial charge in [0, 0.05) is 22.0 Å². The lowest BCUT2D eigenvalue weighted by molar-refractivity contribution is -0.139. The lowest BCUT2D eigenvalue weighted by Crippen LogP contribution is -2.31. The van der Waals surface area contributed by atoms with Gasteiger partial charge in [0.25, 0.3) is 0 Å². The summed E-state index contributed by atoms with van der Waals surface area (Å²) >= 11 is 7.27. The molecule has 46 heavy (non-hydrogen) atoms. The third kappa shape index (κ3) is 8.49. The van der Waals surface area contributed by atoms with E-state index in [1.54, 1.807) is 80.6 Å². The molecular weight excluding hydrogens is 630 g/mol. The number of aliphatic imine (C=N–C) groups is 1. The lowest BCUT2D eigenvalue weighted by Gasteiger charge is -2.25. The number of carbonyl (C=O) groups is 3. The first-order valence-corrected chi connectivity index (χ1v) is 15.6. The highest BCUT2D eigenvalue weighted by atomic mass is 35.5. The van der Waals surface area contributed by atoms with Crippen molar-refractivity contribution in [2.75, 3.05) is 39.0 Å². The number of hydrogen-bond donors (Lipinski definition) is 2. The highest BCUT2D eigenvalue weighted by Gasteiger charge is 2.30. The predicted octanol–water partition coefficient (Wildman–Crippen LogP) is 6.47. The van der Waals surface area contributed by atoms with Crippen molar-refractivity contribution in [1.82, 2.24) is 5.32 Å². The molecule has 3 aromatic rings. The van der Waals surface area contributed by atoms with Crippen LogP contribution in [0.1, 0.15) is 41.4 Å². The van der Waals surface area contributed by atoms with Crippen LogP contribution in [0, 0.1) is 0 Å². The second kappa shape index (κ2) is 16.0. The number of amidine groups is 1. The zero-order valence-corrected chi connectivity index (χ0v) is 27.6. The molecule has 1 aliphatic heterocycles. The van der Waals surface area contributed by atoms with E-state index in [-0.39, 0.29) is 24.1 Å². The van der Waals surface area contributed by atoms with Crippen molar-refractivity contribution < 1.29 is 33.3 Å². The Bertz CT molecular complexity index is 1660. The number of nitrogens with one attached hydrogen (secondary N) is 2. The van der Waals surface area contributed by atoms with Crippen molar-refractivity contribution in [3.8, 4) is 17.2 Å². The summed E-state index contributed by atoms with van der Waals surface area (Å²) in [5, 5.41) is 7.01. The number of ketones is 1. The molecule has 10 nitrogen and oxygen atoms in total. The summed E-state index contributed by atoms with van der Waals surface area (Å²) in [5.41, 5.74) is 3.44. The minimum atomic E-state index is -0.615. The third-order valence-corrected chi connectivity index (χ3v) is 7.95. The first-order chi connectivity index (χ1) is 22.2. The number of allylic oxidation sites excluding steroid dienone is 2. The van der Waals surface area contributed by atoms with Crippen LogP contribution in [-0.2, 0) is 14.3 Å². The van der Waals surface area contributed by atoms with E-state index >= 15 is 0 Å². The summed E-state index contributed by atoms with van der Waals surface area (Å²) in [6.45, 7) is 3.75. The molecule has 1 aliphatic rings. The van der Waals surface area contributed by atoms with Crippen molar-refractivity contribution >= 4 is 58.0 Å². The molecule has 0 fully saturated rings. The summed E-state index contributed by atoms with van der Waals surface area (Å²) in [6.07, 6.45) is 3.11. The molecule has 1 atom stereocenters. The Morgan fingerprint density at radius 3 is 2.22 bits per heavy atom. The number of halogens is 1. The van der Waals surface area contributed by atoms with Crippen molar-refractivity contribution in [3.05, 3.63) is 99.7 Å². The number of anilines is 1. The Hall–Kier alpha value is -4.74. The minimum absolute atomic E-state index is 0.0550. The van der Waals surface area contributed by atoms with Gasteiger partial charge < -0.3 is 29.6 Å². The molecule has 0 unspecified atom stereocenters. The van der Waals surface area contributed by atoms with Crippen molar-refractivity contribution in [3.63, 3.8) is 0 Å². The molecule has 3 aromatic carbocycles. The standard InChI is InChI=1S/C34H34ClN3O7S/c1-6-45-33(41)30-20(2)36-34(38-31(30)23-8-12-24(35)13-9-23)46-19-29(40)37-25-14-10-22(11-15-25)26(39)16-7-21-17-27(42-3)32(44-5)28(18-21)43-4/h7-18,31H,6,19H2,1-5H3,(H,36,38)(H,37,40)/b16-7+/t31-/m0/s1. The first-order valence-electron chi connectivity index (χ1n) is 14.2. The van der Waals surface area contributed by atoms with Crippen LogP contribution >= 0.6 is 23.4 Å². The van der Waals surface area contributed by atoms with Gasteiger partial charge in [0.15, 0.2) is 22.4 Å². The van der Waals surface area contributed by atoms with Crippen LogP contribution in [0.15, 0.2) is 83.0 Å². The molecule has 2 N–H and O–H groups in total. The van der Waals surface area contributed by atoms with E-state index in [0.29, 0.717) is 55.5 Å². The van der Waals surface area contributed by atoms with Gasteiger partial charge in [0.2, 0.25) is 11.7 Å². The fraction of sp³-hybridized carbons (Fsp3) is 0.235. The van der Waals surface area contributed by atoms with Crippen LogP contribution in [0.3, 0.4) is 0 Å². The van der Waals surface area contributed by atoms with Crippen LogP contribution < -0.4 is 24.8 Å². The topological polar surface area (TPSA) is 125 Å². The second-order valence-electron chi connectivity index (χ2n) is 9.84. The van der Waals surface area contributed by atoms with Crippen LogP contribution in [0.25, 0.3) is 6.08 Å². The molecule has 240 valence electrons. The monoisotopic (exact) mass is 663 g/mol. The summed E-state index contributed by atoms with van der Waals surface area (Å²) in [4.78, 5) is 43.1. The van der Waals surface area contributed by atoms with Gasteiger partial charge in [-0.3, -0.25) is 9.59 Å². The minimum Gasteiger partial charge on any atom is -0.493 e. The maximum atomic E-state index is 12.8. The Balaban J connectivity index is 1.38. The average molecular weight is 664 g/mol. The maximum absolute atomic E-state index is 12.8. The smallest absolute Gasteiger partial charge is 0.338 e. The summed E-state index contributed by atoms with van der Waals surface area (Å²) in [5.74, 6) is 0.530. The highest BCUT2D eigenvalue weighted by Crippen LogP contribution is 2.38. The molecule has 0 bridgehead atoms. The molecule has 0 spiro atoms. The fourth-order valence-corrected chi connectivity index (χ4v) is 5.47. The molecule has 0 aliphatic carbocycles. The zero-order valence-electron chi connectivity index (χ0n) is 26.0. The summed E-state index contributed by atoms with van der Waals surface area (Å²) in [6, 6.07) is 16.5. The Labute approximate surface area is 276 Å². The Morgan fingerprint density at radius 1 is 0.978 bits per heavy atom. The highest BCUT2D eigenvalue weighted by molar-refractivity contribution is 8.14. The fourth-order valence-electron chi connectivity index (χ4n) is 4.59. The van der Waals surface area contributed by atoms with E-state index in [4.69, 9.17) is 35.5 Å². The van der Waals surface area contributed by atoms with E-state index < -0.39 is 12.0 Å². The zero-order chi connectivity index (χ0) is 33.2. The predicted molar refractivity (Wildman–Crippen MR) is 181 cm³/mol. The molecule has 1 heterocycles. The van der Waals surface area contributed by atoms with E-state index in [0.717, 1.165) is 5.56 Å². The maximum Gasteiger partial charge on any atom is 0.338 e. The normalized spacial score (nSPS) is 14.3. The van der Waals surface area contributed by atoms with Crippen molar-refractivity contribution in [2.45, 2.75) is 19.9 Å². The van der Waals surface area contributed by atoms with Crippen LogP contribution in [0.4, 0.5) is 5.69 Å². The van der Waals surface area contributed by atoms with Gasteiger partial charge in [-0.1, -0.05) is 41.6 Å². The van der Waals surface area contributed by atoms with Gasteiger partial charge in [-0.2, -0.15) is 0 Å². The number of carbonyl (C=O) groups excluding carboxylic acids is 3. The van der Waals surface area contributed by atoms with Crippen molar-refractivity contribution in [1.29, 1.82) is 0 Å². The number of esters is 1. The van der Waals surface area contributed by atoms with E-state index in [1.807, 2.05) is 0 Å².